The van der Waals surface area contributed by atoms with E-state index in [-0.39, 0.29) is 17.4 Å². The van der Waals surface area contributed by atoms with Crippen molar-refractivity contribution in [2.75, 3.05) is 7.11 Å². The molecule has 1 aliphatic carbocycles. The van der Waals surface area contributed by atoms with Gasteiger partial charge < -0.3 is 4.74 Å². The number of methoxy groups -OCH3 is 1. The Morgan fingerprint density at radius 3 is 2.52 bits per heavy atom. The Morgan fingerprint density at radius 1 is 1.35 bits per heavy atom. The van der Waals surface area contributed by atoms with Gasteiger partial charge in [0.2, 0.25) is 10.0 Å². The number of sulfonamides is 1. The Morgan fingerprint density at radius 2 is 2.00 bits per heavy atom. The van der Waals surface area contributed by atoms with Crippen molar-refractivity contribution in [1.82, 2.24) is 4.72 Å². The molecule has 0 saturated carbocycles. The van der Waals surface area contributed by atoms with Gasteiger partial charge in [0, 0.05) is 17.4 Å². The van der Waals surface area contributed by atoms with Crippen LogP contribution in [0.4, 0.5) is 4.39 Å². The van der Waals surface area contributed by atoms with Crippen molar-refractivity contribution in [3.8, 4) is 5.75 Å². The molecule has 1 N–H and O–H groups in total. The summed E-state index contributed by atoms with van der Waals surface area (Å²) in [6.45, 7) is 1.95. The van der Waals surface area contributed by atoms with Crippen LogP contribution in [0.25, 0.3) is 0 Å². The fourth-order valence-corrected chi connectivity index (χ4v) is 4.83. The Bertz CT molecular complexity index is 728. The van der Waals surface area contributed by atoms with Crippen LogP contribution in [-0.4, -0.2) is 20.3 Å². The van der Waals surface area contributed by atoms with E-state index in [0.29, 0.717) is 12.2 Å². The molecule has 0 spiro atoms. The van der Waals surface area contributed by atoms with Gasteiger partial charge in [-0.2, -0.15) is 0 Å². The SMILES string of the molecule is CCC1(S(=O)(=O)NCc2ccc(OC)cc2)C=CC(F)=C(Br)C1. The van der Waals surface area contributed by atoms with E-state index in [0.717, 1.165) is 5.56 Å². The summed E-state index contributed by atoms with van der Waals surface area (Å²) >= 11 is 3.12. The summed E-state index contributed by atoms with van der Waals surface area (Å²) < 4.78 is 45.8. The molecule has 0 saturated heterocycles. The van der Waals surface area contributed by atoms with Crippen LogP contribution < -0.4 is 9.46 Å². The predicted molar refractivity (Wildman–Crippen MR) is 92.6 cm³/mol. The van der Waals surface area contributed by atoms with Crippen LogP contribution >= 0.6 is 15.9 Å². The van der Waals surface area contributed by atoms with Gasteiger partial charge in [0.15, 0.2) is 0 Å². The van der Waals surface area contributed by atoms with Crippen molar-refractivity contribution >= 4 is 26.0 Å². The van der Waals surface area contributed by atoms with Crippen LogP contribution in [0, 0.1) is 0 Å². The Balaban J connectivity index is 2.15. The van der Waals surface area contributed by atoms with Crippen molar-refractivity contribution in [2.24, 2.45) is 0 Å². The van der Waals surface area contributed by atoms with Gasteiger partial charge in [0.05, 0.1) is 7.11 Å². The van der Waals surface area contributed by atoms with E-state index in [2.05, 4.69) is 20.7 Å². The minimum Gasteiger partial charge on any atom is -0.497 e. The number of halogens is 2. The van der Waals surface area contributed by atoms with E-state index in [1.54, 1.807) is 38.3 Å². The molecule has 0 amide bonds. The summed E-state index contributed by atoms with van der Waals surface area (Å²) in [5.74, 6) is 0.279. The highest BCUT2D eigenvalue weighted by Gasteiger charge is 2.42. The van der Waals surface area contributed by atoms with Gasteiger partial charge in [-0.3, -0.25) is 0 Å². The maximum absolute atomic E-state index is 13.5. The molecule has 0 aliphatic heterocycles. The second kappa shape index (κ2) is 7.15. The van der Waals surface area contributed by atoms with Crippen LogP contribution in [-0.2, 0) is 16.6 Å². The molecule has 2 rings (SSSR count). The second-order valence-corrected chi connectivity index (χ2v) is 8.42. The number of benzene rings is 1. The van der Waals surface area contributed by atoms with E-state index < -0.39 is 20.6 Å². The van der Waals surface area contributed by atoms with Crippen molar-refractivity contribution in [1.29, 1.82) is 0 Å². The average molecular weight is 404 g/mol. The first-order valence-corrected chi connectivity index (χ1v) is 9.47. The normalized spacial score (nSPS) is 21.6. The average Bonchev–Trinajstić information content (AvgIpc) is 2.56. The molecule has 0 aromatic heterocycles. The molecule has 1 atom stereocenters. The molecule has 23 heavy (non-hydrogen) atoms. The number of nitrogens with one attached hydrogen (secondary N) is 1. The smallest absolute Gasteiger partial charge is 0.221 e. The lowest BCUT2D eigenvalue weighted by Gasteiger charge is -2.31. The summed E-state index contributed by atoms with van der Waals surface area (Å²) in [4.78, 5) is 0. The Labute approximate surface area is 144 Å². The molecule has 1 unspecified atom stereocenters. The molecule has 0 radical (unpaired) electrons. The maximum atomic E-state index is 13.5. The van der Waals surface area contributed by atoms with Gasteiger partial charge in [0.1, 0.15) is 16.3 Å². The zero-order valence-corrected chi connectivity index (χ0v) is 15.4. The van der Waals surface area contributed by atoms with E-state index in [4.69, 9.17) is 4.74 Å². The molecule has 0 heterocycles. The largest absolute Gasteiger partial charge is 0.497 e. The van der Waals surface area contributed by atoms with Gasteiger partial charge in [-0.05, 0) is 30.2 Å². The van der Waals surface area contributed by atoms with Crippen molar-refractivity contribution in [3.63, 3.8) is 0 Å². The molecule has 7 heteroatoms. The molecular weight excluding hydrogens is 385 g/mol. The highest BCUT2D eigenvalue weighted by molar-refractivity contribution is 9.11. The van der Waals surface area contributed by atoms with Crippen molar-refractivity contribution in [2.45, 2.75) is 31.1 Å². The van der Waals surface area contributed by atoms with Gasteiger partial charge in [-0.25, -0.2) is 17.5 Å². The first-order chi connectivity index (χ1) is 10.8. The highest BCUT2D eigenvalue weighted by atomic mass is 79.9. The third kappa shape index (κ3) is 3.84. The maximum Gasteiger partial charge on any atom is 0.221 e. The molecular formula is C16H19BrFNO3S. The number of hydrogen-bond acceptors (Lipinski definition) is 3. The van der Waals surface area contributed by atoms with E-state index >= 15 is 0 Å². The van der Waals surface area contributed by atoms with Crippen molar-refractivity contribution < 1.29 is 17.5 Å². The number of rotatable bonds is 6. The summed E-state index contributed by atoms with van der Waals surface area (Å²) in [6.07, 6.45) is 3.08. The van der Waals surface area contributed by atoms with Crippen molar-refractivity contribution in [3.05, 3.63) is 52.3 Å². The lowest BCUT2D eigenvalue weighted by Crippen LogP contribution is -2.45. The molecule has 1 aliphatic rings. The molecule has 1 aromatic rings. The zero-order chi connectivity index (χ0) is 17.1. The Hall–Kier alpha value is -1.18. The summed E-state index contributed by atoms with van der Waals surface area (Å²) in [5.41, 5.74) is 0.821. The first kappa shape index (κ1) is 18.2. The zero-order valence-electron chi connectivity index (χ0n) is 13.0. The monoisotopic (exact) mass is 403 g/mol. The standard InChI is InChI=1S/C16H19BrFNO3S/c1-3-16(9-8-15(18)14(17)10-16)23(20,21)19-11-12-4-6-13(22-2)7-5-12/h4-9,19H,3,10-11H2,1-2H3. The van der Waals surface area contributed by atoms with Gasteiger partial charge >= 0.3 is 0 Å². The summed E-state index contributed by atoms with van der Waals surface area (Å²) in [5, 5.41) is 0. The van der Waals surface area contributed by atoms with Crippen LogP contribution in [0.15, 0.2) is 46.7 Å². The van der Waals surface area contributed by atoms with Gasteiger partial charge in [0.25, 0.3) is 0 Å². The third-order valence-electron chi connectivity index (χ3n) is 4.01. The minimum absolute atomic E-state index is 0.0871. The molecule has 0 bridgehead atoms. The topological polar surface area (TPSA) is 55.4 Å². The number of hydrogen-bond donors (Lipinski definition) is 1. The third-order valence-corrected chi connectivity index (χ3v) is 6.83. The summed E-state index contributed by atoms with van der Waals surface area (Å²) in [6, 6.07) is 7.14. The minimum atomic E-state index is -3.66. The quantitative estimate of drug-likeness (QED) is 0.785. The molecule has 1 aromatic carbocycles. The van der Waals surface area contributed by atoms with Gasteiger partial charge in [-0.15, -0.1) is 0 Å². The van der Waals surface area contributed by atoms with Crippen LogP contribution in [0.3, 0.4) is 0 Å². The number of ether oxygens (including phenoxy) is 1. The van der Waals surface area contributed by atoms with Crippen LogP contribution in [0.5, 0.6) is 5.75 Å². The van der Waals surface area contributed by atoms with E-state index in [9.17, 15) is 12.8 Å². The second-order valence-electron chi connectivity index (χ2n) is 5.35. The molecule has 4 nitrogen and oxygen atoms in total. The highest BCUT2D eigenvalue weighted by Crippen LogP contribution is 2.38. The van der Waals surface area contributed by atoms with E-state index in [1.165, 1.54) is 12.2 Å². The first-order valence-electron chi connectivity index (χ1n) is 7.19. The Kier molecular flexibility index (Phi) is 5.65. The summed E-state index contributed by atoms with van der Waals surface area (Å²) in [7, 11) is -2.09. The fourth-order valence-electron chi connectivity index (χ4n) is 2.40. The molecule has 126 valence electrons. The van der Waals surface area contributed by atoms with Crippen LogP contribution in [0.2, 0.25) is 0 Å². The fraction of sp³-hybridized carbons (Fsp3) is 0.375. The van der Waals surface area contributed by atoms with Crippen LogP contribution in [0.1, 0.15) is 25.3 Å². The molecule has 0 fully saturated rings. The predicted octanol–water partition coefficient (Wildman–Crippen LogP) is 3.80. The lowest BCUT2D eigenvalue weighted by molar-refractivity contribution is 0.414. The number of allylic oxidation sites excluding steroid dienone is 3. The van der Waals surface area contributed by atoms with E-state index in [1.807, 2.05) is 0 Å². The van der Waals surface area contributed by atoms with Gasteiger partial charge in [-0.1, -0.05) is 41.1 Å². The lowest BCUT2D eigenvalue weighted by atomic mass is 9.96.